The number of hydrogen-bond acceptors (Lipinski definition) is 2. The lowest BCUT2D eigenvalue weighted by atomic mass is 9.82. The van der Waals surface area contributed by atoms with E-state index < -0.39 is 6.10 Å². The smallest absolute Gasteiger partial charge is 0.137 e. The van der Waals surface area contributed by atoms with Gasteiger partial charge in [0.15, 0.2) is 0 Å². The van der Waals surface area contributed by atoms with Crippen LogP contribution in [-0.4, -0.2) is 29.9 Å². The molecule has 3 N–H and O–H groups in total. The maximum absolute atomic E-state index is 10.1. The van der Waals surface area contributed by atoms with E-state index in [1.54, 1.807) is 6.07 Å². The molecule has 0 spiro atoms. The highest BCUT2D eigenvalue weighted by Gasteiger charge is 2.29. The van der Waals surface area contributed by atoms with E-state index in [0.29, 0.717) is 18.2 Å². The van der Waals surface area contributed by atoms with Crippen LogP contribution in [0.15, 0.2) is 18.2 Å². The van der Waals surface area contributed by atoms with Gasteiger partial charge in [0.2, 0.25) is 0 Å². The molecule has 0 saturated heterocycles. The lowest BCUT2D eigenvalue weighted by Gasteiger charge is -2.31. The lowest BCUT2D eigenvalue weighted by molar-refractivity contribution is -0.727. The van der Waals surface area contributed by atoms with Crippen LogP contribution < -0.4 is 10.1 Å². The standard InChI is InChI=1S/C18H30ClNO2/c1-13-9-14(19)7-8-16(13)22-11-15(21)10-20-18(5,6)12-17(2,3)4/h7-9,15,20-21H,10-12H2,1-6H3/p+1/t15-/m1/s1. The molecule has 1 atom stereocenters. The Morgan fingerprint density at radius 1 is 1.23 bits per heavy atom. The maximum Gasteiger partial charge on any atom is 0.137 e. The molecular weight excluding hydrogens is 298 g/mol. The Labute approximate surface area is 140 Å². The van der Waals surface area contributed by atoms with Crippen LogP contribution in [-0.2, 0) is 0 Å². The van der Waals surface area contributed by atoms with Crippen LogP contribution in [0.5, 0.6) is 5.75 Å². The van der Waals surface area contributed by atoms with Gasteiger partial charge in [0.25, 0.3) is 0 Å². The molecule has 0 bridgehead atoms. The number of benzene rings is 1. The van der Waals surface area contributed by atoms with Gasteiger partial charge in [0, 0.05) is 11.4 Å². The molecule has 0 heterocycles. The Morgan fingerprint density at radius 2 is 1.86 bits per heavy atom. The van der Waals surface area contributed by atoms with Gasteiger partial charge in [-0.05, 0) is 49.9 Å². The highest BCUT2D eigenvalue weighted by molar-refractivity contribution is 6.30. The van der Waals surface area contributed by atoms with Crippen molar-refractivity contribution in [3.8, 4) is 5.75 Å². The van der Waals surface area contributed by atoms with E-state index in [0.717, 1.165) is 17.7 Å². The first-order valence-electron chi connectivity index (χ1n) is 7.90. The minimum Gasteiger partial charge on any atom is -0.490 e. The molecule has 126 valence electrons. The molecule has 4 heteroatoms. The molecule has 0 aromatic heterocycles. The van der Waals surface area contributed by atoms with Gasteiger partial charge >= 0.3 is 0 Å². The maximum atomic E-state index is 10.1. The van der Waals surface area contributed by atoms with Gasteiger partial charge in [-0.25, -0.2) is 0 Å². The second kappa shape index (κ2) is 7.67. The fraction of sp³-hybridized carbons (Fsp3) is 0.667. The summed E-state index contributed by atoms with van der Waals surface area (Å²) in [6.45, 7) is 14.0. The molecule has 3 nitrogen and oxygen atoms in total. The average Bonchev–Trinajstić information content (AvgIpc) is 2.32. The zero-order valence-corrected chi connectivity index (χ0v) is 15.5. The normalized spacial score (nSPS) is 14.0. The van der Waals surface area contributed by atoms with Crippen molar-refractivity contribution in [2.75, 3.05) is 13.2 Å². The molecule has 0 radical (unpaired) electrons. The third kappa shape index (κ3) is 7.48. The summed E-state index contributed by atoms with van der Waals surface area (Å²) in [7, 11) is 0. The van der Waals surface area contributed by atoms with Crippen molar-refractivity contribution in [3.63, 3.8) is 0 Å². The number of quaternary nitrogens is 1. The molecule has 1 aromatic carbocycles. The summed E-state index contributed by atoms with van der Waals surface area (Å²) < 4.78 is 5.69. The zero-order chi connectivity index (χ0) is 17.0. The summed E-state index contributed by atoms with van der Waals surface area (Å²) >= 11 is 5.92. The summed E-state index contributed by atoms with van der Waals surface area (Å²) in [6, 6.07) is 5.51. The summed E-state index contributed by atoms with van der Waals surface area (Å²) in [4.78, 5) is 0. The Morgan fingerprint density at radius 3 is 2.41 bits per heavy atom. The number of rotatable bonds is 7. The summed E-state index contributed by atoms with van der Waals surface area (Å²) in [6.07, 6.45) is 0.596. The second-order valence-electron chi connectivity index (χ2n) is 8.04. The largest absolute Gasteiger partial charge is 0.490 e. The first-order valence-corrected chi connectivity index (χ1v) is 8.28. The van der Waals surface area contributed by atoms with Gasteiger partial charge < -0.3 is 15.2 Å². The molecule has 0 saturated carbocycles. The number of hydrogen-bond donors (Lipinski definition) is 2. The first kappa shape index (κ1) is 19.3. The Balaban J connectivity index is 2.42. The highest BCUT2D eigenvalue weighted by atomic mass is 35.5. The SMILES string of the molecule is Cc1cc(Cl)ccc1OC[C@H](O)C[NH2+]C(C)(C)CC(C)(C)C. The summed E-state index contributed by atoms with van der Waals surface area (Å²) in [5.74, 6) is 0.775. The van der Waals surface area contributed by atoms with Gasteiger partial charge in [0.05, 0.1) is 5.54 Å². The number of aryl methyl sites for hydroxylation is 1. The van der Waals surface area contributed by atoms with Gasteiger partial charge in [-0.3, -0.25) is 0 Å². The number of aliphatic hydroxyl groups excluding tert-OH is 1. The summed E-state index contributed by atoms with van der Waals surface area (Å²) in [5, 5.41) is 13.0. The van der Waals surface area contributed by atoms with Crippen LogP contribution >= 0.6 is 11.6 Å². The van der Waals surface area contributed by atoms with E-state index in [1.807, 2.05) is 19.1 Å². The Kier molecular flexibility index (Phi) is 6.72. The van der Waals surface area contributed by atoms with E-state index in [9.17, 15) is 5.11 Å². The van der Waals surface area contributed by atoms with Crippen molar-refractivity contribution >= 4 is 11.6 Å². The monoisotopic (exact) mass is 328 g/mol. The highest BCUT2D eigenvalue weighted by Crippen LogP contribution is 2.24. The average molecular weight is 329 g/mol. The van der Waals surface area contributed by atoms with Crippen molar-refractivity contribution in [1.29, 1.82) is 0 Å². The van der Waals surface area contributed by atoms with Crippen molar-refractivity contribution in [2.45, 2.75) is 59.6 Å². The fourth-order valence-electron chi connectivity index (χ4n) is 2.92. The molecule has 0 aliphatic rings. The third-order valence-electron chi connectivity index (χ3n) is 3.50. The Bertz CT molecular complexity index is 480. The Hall–Kier alpha value is -0.770. The van der Waals surface area contributed by atoms with Crippen LogP contribution in [0.3, 0.4) is 0 Å². The molecule has 1 aromatic rings. The second-order valence-corrected chi connectivity index (χ2v) is 8.48. The van der Waals surface area contributed by atoms with Gasteiger partial charge in [0.1, 0.15) is 25.0 Å². The van der Waals surface area contributed by atoms with Gasteiger partial charge in [-0.2, -0.15) is 0 Å². The van der Waals surface area contributed by atoms with Gasteiger partial charge in [-0.15, -0.1) is 0 Å². The van der Waals surface area contributed by atoms with Crippen molar-refractivity contribution in [2.24, 2.45) is 5.41 Å². The van der Waals surface area contributed by atoms with E-state index in [2.05, 4.69) is 39.9 Å². The topological polar surface area (TPSA) is 46.1 Å². The minimum atomic E-state index is -0.491. The van der Waals surface area contributed by atoms with Crippen molar-refractivity contribution < 1.29 is 15.2 Å². The number of aliphatic hydroxyl groups is 1. The minimum absolute atomic E-state index is 0.107. The van der Waals surface area contributed by atoms with E-state index in [4.69, 9.17) is 16.3 Å². The van der Waals surface area contributed by atoms with Crippen LogP contribution in [0.1, 0.15) is 46.6 Å². The molecule has 1 rings (SSSR count). The van der Waals surface area contributed by atoms with E-state index in [1.165, 1.54) is 0 Å². The molecular formula is C18H31ClNO2+. The number of halogens is 1. The van der Waals surface area contributed by atoms with Crippen molar-refractivity contribution in [3.05, 3.63) is 28.8 Å². The summed E-state index contributed by atoms with van der Waals surface area (Å²) in [5.41, 5.74) is 1.37. The first-order chi connectivity index (χ1) is 9.98. The molecule has 22 heavy (non-hydrogen) atoms. The number of ether oxygens (including phenoxy) is 1. The van der Waals surface area contributed by atoms with E-state index >= 15 is 0 Å². The molecule has 0 unspecified atom stereocenters. The van der Waals surface area contributed by atoms with Crippen LogP contribution in [0.4, 0.5) is 0 Å². The fourth-order valence-corrected chi connectivity index (χ4v) is 3.15. The van der Waals surface area contributed by atoms with Crippen LogP contribution in [0, 0.1) is 12.3 Å². The molecule has 0 aliphatic heterocycles. The van der Waals surface area contributed by atoms with Gasteiger partial charge in [-0.1, -0.05) is 32.4 Å². The molecule has 0 aliphatic carbocycles. The van der Waals surface area contributed by atoms with E-state index in [-0.39, 0.29) is 11.0 Å². The quantitative estimate of drug-likeness (QED) is 0.807. The lowest BCUT2D eigenvalue weighted by Crippen LogP contribution is -2.97. The number of nitrogens with two attached hydrogens (primary N) is 1. The molecule has 0 fully saturated rings. The van der Waals surface area contributed by atoms with Crippen molar-refractivity contribution in [1.82, 2.24) is 0 Å². The predicted octanol–water partition coefficient (Wildman–Crippen LogP) is 3.17. The van der Waals surface area contributed by atoms with Crippen LogP contribution in [0.25, 0.3) is 0 Å². The third-order valence-corrected chi connectivity index (χ3v) is 3.73. The predicted molar refractivity (Wildman–Crippen MR) is 92.6 cm³/mol. The van der Waals surface area contributed by atoms with Crippen LogP contribution in [0.2, 0.25) is 5.02 Å². The zero-order valence-electron chi connectivity index (χ0n) is 14.7. The molecule has 0 amide bonds.